The summed E-state index contributed by atoms with van der Waals surface area (Å²) >= 11 is 0. The Bertz CT molecular complexity index is 252. The van der Waals surface area contributed by atoms with Crippen molar-refractivity contribution >= 4 is 6.01 Å². The number of hydrogen-bond donors (Lipinski definition) is 1. The van der Waals surface area contributed by atoms with E-state index in [1.165, 1.54) is 0 Å². The Hall–Kier alpha value is -1.14. The molecule has 80 valence electrons. The van der Waals surface area contributed by atoms with Crippen LogP contribution in [0.1, 0.15) is 12.7 Å². The number of ether oxygens (including phenoxy) is 2. The molecule has 1 rings (SSSR count). The zero-order chi connectivity index (χ0) is 10.2. The predicted molar refractivity (Wildman–Crippen MR) is 50.0 cm³/mol. The van der Waals surface area contributed by atoms with Crippen molar-refractivity contribution in [1.82, 2.24) is 10.1 Å². The van der Waals surface area contributed by atoms with E-state index < -0.39 is 0 Å². The third-order valence-corrected chi connectivity index (χ3v) is 1.49. The van der Waals surface area contributed by atoms with Crippen LogP contribution < -0.4 is 5.32 Å². The average molecular weight is 201 g/mol. The lowest BCUT2D eigenvalue weighted by molar-refractivity contribution is 0.126. The molecule has 0 radical (unpaired) electrons. The summed E-state index contributed by atoms with van der Waals surface area (Å²) in [6, 6.07) is 0.400. The quantitative estimate of drug-likeness (QED) is 0.654. The molecule has 0 amide bonds. The number of rotatable bonds is 7. The molecular formula is C8H15N3O3. The summed E-state index contributed by atoms with van der Waals surface area (Å²) in [5.74, 6) is 0.548. The molecule has 6 nitrogen and oxygen atoms in total. The molecule has 0 fully saturated rings. The maximum absolute atomic E-state index is 5.12. The van der Waals surface area contributed by atoms with Gasteiger partial charge >= 0.3 is 6.01 Å². The van der Waals surface area contributed by atoms with Crippen LogP contribution >= 0.6 is 0 Å². The summed E-state index contributed by atoms with van der Waals surface area (Å²) in [7, 11) is 1.63. The minimum atomic E-state index is 0.381. The van der Waals surface area contributed by atoms with Gasteiger partial charge in [0.1, 0.15) is 6.61 Å². The first kappa shape index (κ1) is 10.9. The highest BCUT2D eigenvalue weighted by molar-refractivity contribution is 5.17. The van der Waals surface area contributed by atoms with Gasteiger partial charge in [-0.2, -0.15) is 4.98 Å². The van der Waals surface area contributed by atoms with Gasteiger partial charge in [-0.1, -0.05) is 5.16 Å². The number of anilines is 1. The van der Waals surface area contributed by atoms with Crippen LogP contribution in [0.5, 0.6) is 0 Å². The van der Waals surface area contributed by atoms with Crippen LogP contribution in [-0.4, -0.2) is 37.0 Å². The molecule has 0 aliphatic carbocycles. The van der Waals surface area contributed by atoms with Crippen molar-refractivity contribution < 1.29 is 14.0 Å². The second-order valence-corrected chi connectivity index (χ2v) is 2.57. The molecule has 14 heavy (non-hydrogen) atoms. The highest BCUT2D eigenvalue weighted by atomic mass is 16.5. The first-order valence-corrected chi connectivity index (χ1v) is 4.50. The van der Waals surface area contributed by atoms with Crippen LogP contribution in [0.2, 0.25) is 0 Å². The minimum absolute atomic E-state index is 0.381. The summed E-state index contributed by atoms with van der Waals surface area (Å²) in [4.78, 5) is 4.05. The van der Waals surface area contributed by atoms with E-state index in [1.54, 1.807) is 7.11 Å². The van der Waals surface area contributed by atoms with E-state index in [4.69, 9.17) is 14.0 Å². The fourth-order valence-electron chi connectivity index (χ4n) is 0.838. The molecule has 1 aromatic rings. The van der Waals surface area contributed by atoms with Crippen LogP contribution in [0.15, 0.2) is 4.52 Å². The van der Waals surface area contributed by atoms with Crippen LogP contribution in [0.4, 0.5) is 6.01 Å². The van der Waals surface area contributed by atoms with Gasteiger partial charge in [0.05, 0.1) is 6.61 Å². The average Bonchev–Trinajstić information content (AvgIpc) is 2.63. The fraction of sp³-hybridized carbons (Fsp3) is 0.750. The van der Waals surface area contributed by atoms with Gasteiger partial charge in [-0.15, -0.1) is 0 Å². The van der Waals surface area contributed by atoms with Crippen molar-refractivity contribution in [3.05, 3.63) is 5.82 Å². The molecule has 0 aliphatic rings. The van der Waals surface area contributed by atoms with Crippen molar-refractivity contribution in [2.75, 3.05) is 32.2 Å². The molecule has 0 bridgehead atoms. The van der Waals surface area contributed by atoms with Crippen molar-refractivity contribution in [2.45, 2.75) is 13.5 Å². The van der Waals surface area contributed by atoms with E-state index in [0.29, 0.717) is 38.2 Å². The van der Waals surface area contributed by atoms with Gasteiger partial charge in [-0.3, -0.25) is 0 Å². The van der Waals surface area contributed by atoms with Crippen LogP contribution in [0, 0.1) is 0 Å². The lowest BCUT2D eigenvalue weighted by atomic mass is 10.6. The standard InChI is InChI=1S/C8H15N3O3/c1-3-13-6-7-10-8(14-11-7)9-4-5-12-2/h3-6H2,1-2H3,(H,9,10,11). The van der Waals surface area contributed by atoms with Crippen LogP contribution in [0.25, 0.3) is 0 Å². The summed E-state index contributed by atoms with van der Waals surface area (Å²) < 4.78 is 14.9. The molecule has 0 spiro atoms. The van der Waals surface area contributed by atoms with E-state index in [9.17, 15) is 0 Å². The van der Waals surface area contributed by atoms with Crippen molar-refractivity contribution in [3.8, 4) is 0 Å². The van der Waals surface area contributed by atoms with Gasteiger partial charge in [0, 0.05) is 20.3 Å². The number of nitrogens with one attached hydrogen (secondary N) is 1. The van der Waals surface area contributed by atoms with Gasteiger partial charge in [-0.05, 0) is 6.92 Å². The van der Waals surface area contributed by atoms with E-state index in [0.717, 1.165) is 0 Å². The molecular weight excluding hydrogens is 186 g/mol. The molecule has 0 atom stereocenters. The van der Waals surface area contributed by atoms with E-state index >= 15 is 0 Å². The molecule has 1 N–H and O–H groups in total. The number of methoxy groups -OCH3 is 1. The Labute approximate surface area is 82.6 Å². The van der Waals surface area contributed by atoms with Crippen LogP contribution in [0.3, 0.4) is 0 Å². The lowest BCUT2D eigenvalue weighted by Crippen LogP contribution is -2.07. The summed E-state index contributed by atoms with van der Waals surface area (Å²) in [6.07, 6.45) is 0. The zero-order valence-corrected chi connectivity index (χ0v) is 8.45. The van der Waals surface area contributed by atoms with Gasteiger partial charge in [0.15, 0.2) is 5.82 Å². The SMILES string of the molecule is CCOCc1noc(NCCOC)n1. The number of aromatic nitrogens is 2. The number of hydrogen-bond acceptors (Lipinski definition) is 6. The monoisotopic (exact) mass is 201 g/mol. The van der Waals surface area contributed by atoms with Crippen molar-refractivity contribution in [3.63, 3.8) is 0 Å². The topological polar surface area (TPSA) is 69.4 Å². The largest absolute Gasteiger partial charge is 0.383 e. The molecule has 0 saturated heterocycles. The van der Waals surface area contributed by atoms with Gasteiger partial charge in [0.2, 0.25) is 0 Å². The Morgan fingerprint density at radius 1 is 1.50 bits per heavy atom. The molecule has 1 heterocycles. The first-order chi connectivity index (χ1) is 6.86. The molecule has 1 aromatic heterocycles. The highest BCUT2D eigenvalue weighted by Gasteiger charge is 2.04. The summed E-state index contributed by atoms with van der Waals surface area (Å²) in [6.45, 7) is 4.18. The van der Waals surface area contributed by atoms with Gasteiger partial charge in [0.25, 0.3) is 0 Å². The Kier molecular flexibility index (Phi) is 4.95. The maximum atomic E-state index is 5.12. The summed E-state index contributed by atoms with van der Waals surface area (Å²) in [5, 5.41) is 6.64. The maximum Gasteiger partial charge on any atom is 0.321 e. The Morgan fingerprint density at radius 2 is 2.36 bits per heavy atom. The molecule has 0 aromatic carbocycles. The molecule has 0 aliphatic heterocycles. The minimum Gasteiger partial charge on any atom is -0.383 e. The van der Waals surface area contributed by atoms with E-state index in [1.807, 2.05) is 6.92 Å². The smallest absolute Gasteiger partial charge is 0.321 e. The fourth-order valence-corrected chi connectivity index (χ4v) is 0.838. The van der Waals surface area contributed by atoms with Crippen molar-refractivity contribution in [2.24, 2.45) is 0 Å². The molecule has 6 heteroatoms. The van der Waals surface area contributed by atoms with E-state index in [2.05, 4.69) is 15.5 Å². The van der Waals surface area contributed by atoms with Gasteiger partial charge < -0.3 is 19.3 Å². The van der Waals surface area contributed by atoms with Crippen LogP contribution in [-0.2, 0) is 16.1 Å². The number of nitrogens with zero attached hydrogens (tertiary/aromatic N) is 2. The van der Waals surface area contributed by atoms with Gasteiger partial charge in [-0.25, -0.2) is 0 Å². The second kappa shape index (κ2) is 6.33. The highest BCUT2D eigenvalue weighted by Crippen LogP contribution is 2.03. The zero-order valence-electron chi connectivity index (χ0n) is 8.45. The summed E-state index contributed by atoms with van der Waals surface area (Å²) in [5.41, 5.74) is 0. The van der Waals surface area contributed by atoms with Crippen molar-refractivity contribution in [1.29, 1.82) is 0 Å². The predicted octanol–water partition coefficient (Wildman–Crippen LogP) is 0.664. The third kappa shape index (κ3) is 3.71. The first-order valence-electron chi connectivity index (χ1n) is 4.50. The molecule has 0 unspecified atom stereocenters. The second-order valence-electron chi connectivity index (χ2n) is 2.57. The Balaban J connectivity index is 2.27. The Morgan fingerprint density at radius 3 is 3.07 bits per heavy atom. The lowest BCUT2D eigenvalue weighted by Gasteiger charge is -1.97. The molecule has 0 saturated carbocycles. The normalized spacial score (nSPS) is 10.4. The third-order valence-electron chi connectivity index (χ3n) is 1.49. The van der Waals surface area contributed by atoms with E-state index in [-0.39, 0.29) is 0 Å².